The van der Waals surface area contributed by atoms with Gasteiger partial charge >= 0.3 is 0 Å². The average molecular weight is 241 g/mol. The van der Waals surface area contributed by atoms with Gasteiger partial charge in [0.25, 0.3) is 0 Å². The molecular formula is C10H13BrN2. The lowest BCUT2D eigenvalue weighted by Gasteiger charge is -2.12. The maximum Gasteiger partial charge on any atom is 0.0413 e. The summed E-state index contributed by atoms with van der Waals surface area (Å²) in [6, 6.07) is 2.17. The first-order valence-electron chi connectivity index (χ1n) is 4.62. The van der Waals surface area contributed by atoms with Crippen molar-refractivity contribution >= 4 is 15.9 Å². The summed E-state index contributed by atoms with van der Waals surface area (Å²) in [4.78, 5) is 4.02. The van der Waals surface area contributed by atoms with Gasteiger partial charge < -0.3 is 5.73 Å². The molecule has 1 aromatic heterocycles. The molecule has 2 nitrogen and oxygen atoms in total. The van der Waals surface area contributed by atoms with Crippen molar-refractivity contribution in [1.82, 2.24) is 4.98 Å². The third kappa shape index (κ3) is 2.29. The van der Waals surface area contributed by atoms with E-state index in [4.69, 9.17) is 5.73 Å². The SMILES string of the molecule is N[C@@H](CC1CC1)c1ccncc1Br. The zero-order chi connectivity index (χ0) is 9.26. The number of nitrogens with zero attached hydrogens (tertiary/aromatic N) is 1. The van der Waals surface area contributed by atoms with Gasteiger partial charge in [0.2, 0.25) is 0 Å². The lowest BCUT2D eigenvalue weighted by molar-refractivity contribution is 0.594. The molecule has 1 heterocycles. The second-order valence-electron chi connectivity index (χ2n) is 3.68. The lowest BCUT2D eigenvalue weighted by Crippen LogP contribution is -2.11. The Morgan fingerprint density at radius 2 is 2.38 bits per heavy atom. The highest BCUT2D eigenvalue weighted by atomic mass is 79.9. The van der Waals surface area contributed by atoms with Crippen LogP contribution in [0.5, 0.6) is 0 Å². The summed E-state index contributed by atoms with van der Waals surface area (Å²) in [7, 11) is 0. The van der Waals surface area contributed by atoms with Gasteiger partial charge in [-0.25, -0.2) is 0 Å². The monoisotopic (exact) mass is 240 g/mol. The minimum absolute atomic E-state index is 0.171. The van der Waals surface area contributed by atoms with E-state index in [1.54, 1.807) is 6.20 Å². The van der Waals surface area contributed by atoms with Crippen LogP contribution in [-0.2, 0) is 0 Å². The quantitative estimate of drug-likeness (QED) is 0.883. The van der Waals surface area contributed by atoms with Gasteiger partial charge in [-0.15, -0.1) is 0 Å². The number of aromatic nitrogens is 1. The molecule has 2 N–H and O–H groups in total. The molecular weight excluding hydrogens is 228 g/mol. The normalized spacial score (nSPS) is 18.6. The van der Waals surface area contributed by atoms with Crippen LogP contribution < -0.4 is 5.73 Å². The van der Waals surface area contributed by atoms with Gasteiger partial charge in [0.15, 0.2) is 0 Å². The second kappa shape index (κ2) is 3.76. The third-order valence-electron chi connectivity index (χ3n) is 2.49. The molecule has 1 aromatic rings. The Kier molecular flexibility index (Phi) is 2.65. The van der Waals surface area contributed by atoms with Gasteiger partial charge in [0, 0.05) is 22.9 Å². The van der Waals surface area contributed by atoms with E-state index < -0.39 is 0 Å². The molecule has 1 aliphatic carbocycles. The fraction of sp³-hybridized carbons (Fsp3) is 0.500. The van der Waals surface area contributed by atoms with E-state index in [-0.39, 0.29) is 6.04 Å². The van der Waals surface area contributed by atoms with E-state index in [2.05, 4.69) is 20.9 Å². The molecule has 1 aliphatic rings. The minimum atomic E-state index is 0.171. The molecule has 0 saturated heterocycles. The standard InChI is InChI=1S/C10H13BrN2/c11-9-6-13-4-3-8(9)10(12)5-7-1-2-7/h3-4,6-7,10H,1-2,5,12H2/t10-/m0/s1. The van der Waals surface area contributed by atoms with Crippen molar-refractivity contribution in [3.8, 4) is 0 Å². The van der Waals surface area contributed by atoms with Crippen LogP contribution in [0.3, 0.4) is 0 Å². The zero-order valence-corrected chi connectivity index (χ0v) is 9.00. The fourth-order valence-electron chi connectivity index (χ4n) is 1.53. The molecule has 3 heteroatoms. The summed E-state index contributed by atoms with van der Waals surface area (Å²) in [6.45, 7) is 0. The van der Waals surface area contributed by atoms with Gasteiger partial charge in [-0.3, -0.25) is 4.98 Å². The molecule has 13 heavy (non-hydrogen) atoms. The van der Waals surface area contributed by atoms with Crippen molar-refractivity contribution < 1.29 is 0 Å². The highest BCUT2D eigenvalue weighted by molar-refractivity contribution is 9.10. The molecule has 0 spiro atoms. The number of halogens is 1. The second-order valence-corrected chi connectivity index (χ2v) is 4.54. The fourth-order valence-corrected chi connectivity index (χ4v) is 2.07. The number of pyridine rings is 1. The summed E-state index contributed by atoms with van der Waals surface area (Å²) >= 11 is 3.46. The maximum atomic E-state index is 6.08. The van der Waals surface area contributed by atoms with Crippen LogP contribution >= 0.6 is 15.9 Å². The molecule has 0 aliphatic heterocycles. The predicted molar refractivity (Wildman–Crippen MR) is 56.2 cm³/mol. The van der Waals surface area contributed by atoms with Crippen molar-refractivity contribution in [2.75, 3.05) is 0 Å². The van der Waals surface area contributed by atoms with Gasteiger partial charge in [-0.1, -0.05) is 12.8 Å². The molecule has 0 amide bonds. The van der Waals surface area contributed by atoms with E-state index >= 15 is 0 Å². The summed E-state index contributed by atoms with van der Waals surface area (Å²) in [5.74, 6) is 0.870. The number of hydrogen-bond acceptors (Lipinski definition) is 2. The first-order valence-corrected chi connectivity index (χ1v) is 5.41. The smallest absolute Gasteiger partial charge is 0.0413 e. The Morgan fingerprint density at radius 1 is 1.62 bits per heavy atom. The molecule has 0 radical (unpaired) electrons. The van der Waals surface area contributed by atoms with Crippen molar-refractivity contribution in [2.24, 2.45) is 11.7 Å². The largest absolute Gasteiger partial charge is 0.324 e. The van der Waals surface area contributed by atoms with Crippen LogP contribution in [0.15, 0.2) is 22.9 Å². The van der Waals surface area contributed by atoms with Gasteiger partial charge in [-0.2, -0.15) is 0 Å². The van der Waals surface area contributed by atoms with Crippen LogP contribution in [0.2, 0.25) is 0 Å². The zero-order valence-electron chi connectivity index (χ0n) is 7.41. The summed E-state index contributed by atoms with van der Waals surface area (Å²) in [5.41, 5.74) is 7.26. The average Bonchev–Trinajstić information content (AvgIpc) is 2.89. The van der Waals surface area contributed by atoms with Crippen molar-refractivity contribution in [2.45, 2.75) is 25.3 Å². The molecule has 1 fully saturated rings. The first kappa shape index (κ1) is 9.16. The molecule has 1 saturated carbocycles. The maximum absolute atomic E-state index is 6.08. The highest BCUT2D eigenvalue weighted by Gasteiger charge is 2.25. The molecule has 0 aromatic carbocycles. The number of rotatable bonds is 3. The van der Waals surface area contributed by atoms with Crippen LogP contribution in [0.4, 0.5) is 0 Å². The third-order valence-corrected chi connectivity index (χ3v) is 3.15. The van der Waals surface area contributed by atoms with Crippen molar-refractivity contribution in [3.05, 3.63) is 28.5 Å². The van der Waals surface area contributed by atoms with Gasteiger partial charge in [-0.05, 0) is 39.9 Å². The number of hydrogen-bond donors (Lipinski definition) is 1. The van der Waals surface area contributed by atoms with Crippen molar-refractivity contribution in [1.29, 1.82) is 0 Å². The van der Waals surface area contributed by atoms with E-state index in [1.807, 2.05) is 12.3 Å². The summed E-state index contributed by atoms with van der Waals surface area (Å²) in [6.07, 6.45) is 7.43. The Bertz CT molecular complexity index is 297. The van der Waals surface area contributed by atoms with E-state index in [0.29, 0.717) is 0 Å². The topological polar surface area (TPSA) is 38.9 Å². The molecule has 70 valence electrons. The first-order chi connectivity index (χ1) is 6.27. The van der Waals surface area contributed by atoms with E-state index in [9.17, 15) is 0 Å². The Labute approximate surface area is 86.7 Å². The molecule has 0 unspecified atom stereocenters. The Hall–Kier alpha value is -0.410. The van der Waals surface area contributed by atoms with E-state index in [1.165, 1.54) is 18.4 Å². The molecule has 0 bridgehead atoms. The molecule has 2 rings (SSSR count). The predicted octanol–water partition coefficient (Wildman–Crippen LogP) is 2.64. The van der Waals surface area contributed by atoms with Crippen LogP contribution in [0, 0.1) is 5.92 Å². The summed E-state index contributed by atoms with van der Waals surface area (Å²) < 4.78 is 1.03. The highest BCUT2D eigenvalue weighted by Crippen LogP contribution is 2.37. The molecule has 1 atom stereocenters. The summed E-state index contributed by atoms with van der Waals surface area (Å²) in [5, 5.41) is 0. The van der Waals surface area contributed by atoms with Gasteiger partial charge in [0.1, 0.15) is 0 Å². The van der Waals surface area contributed by atoms with Gasteiger partial charge in [0.05, 0.1) is 0 Å². The minimum Gasteiger partial charge on any atom is -0.324 e. The Balaban J connectivity index is 2.09. The lowest BCUT2D eigenvalue weighted by atomic mass is 10.0. The van der Waals surface area contributed by atoms with E-state index in [0.717, 1.165) is 16.8 Å². The van der Waals surface area contributed by atoms with Crippen LogP contribution in [0.1, 0.15) is 30.9 Å². The van der Waals surface area contributed by atoms with Crippen molar-refractivity contribution in [3.63, 3.8) is 0 Å². The number of nitrogens with two attached hydrogens (primary N) is 1. The Morgan fingerprint density at radius 3 is 3.00 bits per heavy atom. The van der Waals surface area contributed by atoms with Crippen LogP contribution in [0.25, 0.3) is 0 Å². The van der Waals surface area contributed by atoms with Crippen LogP contribution in [-0.4, -0.2) is 4.98 Å².